The van der Waals surface area contributed by atoms with E-state index in [0.29, 0.717) is 11.2 Å². The van der Waals surface area contributed by atoms with Crippen LogP contribution in [0.4, 0.5) is 0 Å². The fourth-order valence-electron chi connectivity index (χ4n) is 1.50. The fraction of sp³-hybridized carbons (Fsp3) is 0.625. The summed E-state index contributed by atoms with van der Waals surface area (Å²) in [7, 11) is 0. The molecular formula is C8H10O. The minimum atomic E-state index is 0.332. The van der Waals surface area contributed by atoms with E-state index in [1.165, 1.54) is 12.8 Å². The standard InChI is InChI=1S/C8H10O/c9-7-2-1-3-8(6-7)4-5-8/h1-2H,3-6H2. The molecule has 0 aliphatic heterocycles. The molecule has 0 aromatic rings. The average Bonchev–Trinajstić information content (AvgIpc) is 2.49. The lowest BCUT2D eigenvalue weighted by molar-refractivity contribution is -0.116. The molecule has 1 fully saturated rings. The van der Waals surface area contributed by atoms with Crippen LogP contribution in [0.3, 0.4) is 0 Å². The van der Waals surface area contributed by atoms with Gasteiger partial charge in [-0.3, -0.25) is 4.79 Å². The van der Waals surface area contributed by atoms with Gasteiger partial charge in [-0.25, -0.2) is 0 Å². The van der Waals surface area contributed by atoms with E-state index in [-0.39, 0.29) is 0 Å². The fourth-order valence-corrected chi connectivity index (χ4v) is 1.50. The van der Waals surface area contributed by atoms with E-state index in [9.17, 15) is 4.79 Å². The first kappa shape index (κ1) is 5.21. The molecule has 0 bridgehead atoms. The highest BCUT2D eigenvalue weighted by molar-refractivity contribution is 5.91. The van der Waals surface area contributed by atoms with Crippen molar-refractivity contribution >= 4 is 5.78 Å². The SMILES string of the molecule is O=C1C=CCC2(CC2)C1. The predicted molar refractivity (Wildman–Crippen MR) is 35.0 cm³/mol. The minimum absolute atomic E-state index is 0.332. The molecule has 48 valence electrons. The van der Waals surface area contributed by atoms with E-state index < -0.39 is 0 Å². The van der Waals surface area contributed by atoms with Gasteiger partial charge in [0.25, 0.3) is 0 Å². The van der Waals surface area contributed by atoms with E-state index >= 15 is 0 Å². The molecule has 0 atom stereocenters. The van der Waals surface area contributed by atoms with Gasteiger partial charge in [-0.1, -0.05) is 6.08 Å². The smallest absolute Gasteiger partial charge is 0.155 e. The van der Waals surface area contributed by atoms with Crippen LogP contribution in [0.5, 0.6) is 0 Å². The Hall–Kier alpha value is -0.590. The molecule has 0 amide bonds. The summed E-state index contributed by atoms with van der Waals surface area (Å²) in [6.07, 6.45) is 8.29. The van der Waals surface area contributed by atoms with Crippen LogP contribution in [0.25, 0.3) is 0 Å². The summed E-state index contributed by atoms with van der Waals surface area (Å²) in [5.41, 5.74) is 0.464. The van der Waals surface area contributed by atoms with Gasteiger partial charge >= 0.3 is 0 Å². The Bertz CT molecular complexity index is 175. The first-order valence-corrected chi connectivity index (χ1v) is 3.50. The highest BCUT2D eigenvalue weighted by Gasteiger charge is 2.43. The Kier molecular flexibility index (Phi) is 0.850. The molecule has 1 spiro atoms. The van der Waals surface area contributed by atoms with Crippen molar-refractivity contribution in [2.75, 3.05) is 0 Å². The molecule has 0 heterocycles. The first-order valence-electron chi connectivity index (χ1n) is 3.50. The van der Waals surface area contributed by atoms with Crippen molar-refractivity contribution in [2.45, 2.75) is 25.7 Å². The normalized spacial score (nSPS) is 29.1. The lowest BCUT2D eigenvalue weighted by Gasteiger charge is -2.13. The zero-order valence-electron chi connectivity index (χ0n) is 5.39. The molecule has 2 rings (SSSR count). The number of hydrogen-bond acceptors (Lipinski definition) is 1. The van der Waals surface area contributed by atoms with Gasteiger partial charge in [-0.15, -0.1) is 0 Å². The van der Waals surface area contributed by atoms with Crippen LogP contribution in [0.2, 0.25) is 0 Å². The summed E-state index contributed by atoms with van der Waals surface area (Å²) < 4.78 is 0. The summed E-state index contributed by atoms with van der Waals surface area (Å²) in [5.74, 6) is 0.332. The summed E-state index contributed by atoms with van der Waals surface area (Å²) in [6, 6.07) is 0. The van der Waals surface area contributed by atoms with Crippen LogP contribution in [0.1, 0.15) is 25.7 Å². The number of rotatable bonds is 0. The van der Waals surface area contributed by atoms with Crippen molar-refractivity contribution in [2.24, 2.45) is 5.41 Å². The molecule has 0 unspecified atom stereocenters. The van der Waals surface area contributed by atoms with Crippen LogP contribution in [0, 0.1) is 5.41 Å². The molecule has 0 saturated heterocycles. The third-order valence-electron chi connectivity index (χ3n) is 2.36. The third-order valence-corrected chi connectivity index (χ3v) is 2.36. The van der Waals surface area contributed by atoms with Gasteiger partial charge in [-0.2, -0.15) is 0 Å². The van der Waals surface area contributed by atoms with E-state index in [1.54, 1.807) is 6.08 Å². The zero-order chi connectivity index (χ0) is 6.32. The molecule has 0 N–H and O–H groups in total. The summed E-state index contributed by atoms with van der Waals surface area (Å²) in [6.45, 7) is 0. The number of carbonyl (C=O) groups is 1. The first-order chi connectivity index (χ1) is 4.31. The number of allylic oxidation sites excluding steroid dienone is 2. The molecule has 1 heteroatoms. The van der Waals surface area contributed by atoms with Crippen molar-refractivity contribution in [1.82, 2.24) is 0 Å². The number of hydrogen-bond donors (Lipinski definition) is 0. The minimum Gasteiger partial charge on any atom is -0.295 e. The lowest BCUT2D eigenvalue weighted by atomic mass is 9.91. The monoisotopic (exact) mass is 122 g/mol. The molecule has 9 heavy (non-hydrogen) atoms. The predicted octanol–water partition coefficient (Wildman–Crippen LogP) is 1.69. The van der Waals surface area contributed by atoms with Crippen LogP contribution >= 0.6 is 0 Å². The molecule has 2 aliphatic carbocycles. The van der Waals surface area contributed by atoms with Gasteiger partial charge in [0.05, 0.1) is 0 Å². The maximum Gasteiger partial charge on any atom is 0.155 e. The number of carbonyl (C=O) groups excluding carboxylic acids is 1. The summed E-state index contributed by atoms with van der Waals surface area (Å²) in [5, 5.41) is 0. The quantitative estimate of drug-likeness (QED) is 0.477. The second-order valence-electron chi connectivity index (χ2n) is 3.25. The van der Waals surface area contributed by atoms with Gasteiger partial charge in [0.2, 0.25) is 0 Å². The van der Waals surface area contributed by atoms with Crippen LogP contribution in [0.15, 0.2) is 12.2 Å². The maximum absolute atomic E-state index is 10.8. The molecule has 2 aliphatic rings. The van der Waals surface area contributed by atoms with Gasteiger partial charge < -0.3 is 0 Å². The highest BCUT2D eigenvalue weighted by Crippen LogP contribution is 2.53. The van der Waals surface area contributed by atoms with E-state index in [0.717, 1.165) is 12.8 Å². The average molecular weight is 122 g/mol. The number of ketones is 1. The zero-order valence-corrected chi connectivity index (χ0v) is 5.39. The Morgan fingerprint density at radius 2 is 2.22 bits per heavy atom. The van der Waals surface area contributed by atoms with Gasteiger partial charge in [0.1, 0.15) is 0 Å². The van der Waals surface area contributed by atoms with Crippen molar-refractivity contribution in [3.05, 3.63) is 12.2 Å². The van der Waals surface area contributed by atoms with E-state index in [4.69, 9.17) is 0 Å². The van der Waals surface area contributed by atoms with Crippen molar-refractivity contribution < 1.29 is 4.79 Å². The van der Waals surface area contributed by atoms with E-state index in [2.05, 4.69) is 0 Å². The third kappa shape index (κ3) is 0.805. The highest BCUT2D eigenvalue weighted by atomic mass is 16.1. The van der Waals surface area contributed by atoms with Crippen molar-refractivity contribution in [3.8, 4) is 0 Å². The summed E-state index contributed by atoms with van der Waals surface area (Å²) >= 11 is 0. The second-order valence-corrected chi connectivity index (χ2v) is 3.25. The van der Waals surface area contributed by atoms with Gasteiger partial charge in [-0.05, 0) is 30.8 Å². The second kappa shape index (κ2) is 1.47. The summed E-state index contributed by atoms with van der Waals surface area (Å²) in [4.78, 5) is 10.8. The lowest BCUT2D eigenvalue weighted by Crippen LogP contribution is -2.10. The molecule has 1 saturated carbocycles. The molecule has 0 aromatic heterocycles. The maximum atomic E-state index is 10.8. The Morgan fingerprint density at radius 1 is 1.44 bits per heavy atom. The van der Waals surface area contributed by atoms with Crippen molar-refractivity contribution in [1.29, 1.82) is 0 Å². The Labute approximate surface area is 54.8 Å². The van der Waals surface area contributed by atoms with E-state index in [1.807, 2.05) is 6.08 Å². The van der Waals surface area contributed by atoms with Crippen LogP contribution in [-0.2, 0) is 4.79 Å². The van der Waals surface area contributed by atoms with Crippen molar-refractivity contribution in [3.63, 3.8) is 0 Å². The largest absolute Gasteiger partial charge is 0.295 e. The van der Waals surface area contributed by atoms with Gasteiger partial charge in [0, 0.05) is 6.42 Å². The Balaban J connectivity index is 2.17. The molecular weight excluding hydrogens is 112 g/mol. The van der Waals surface area contributed by atoms with Crippen LogP contribution in [-0.4, -0.2) is 5.78 Å². The Morgan fingerprint density at radius 3 is 2.67 bits per heavy atom. The topological polar surface area (TPSA) is 17.1 Å². The molecule has 0 aromatic carbocycles. The van der Waals surface area contributed by atoms with Gasteiger partial charge in [0.15, 0.2) is 5.78 Å². The molecule has 0 radical (unpaired) electrons. The van der Waals surface area contributed by atoms with Crippen LogP contribution < -0.4 is 0 Å². The molecule has 1 nitrogen and oxygen atoms in total.